The van der Waals surface area contributed by atoms with E-state index >= 15 is 0 Å². The molecule has 1 rings (SSSR count). The average Bonchev–Trinajstić information content (AvgIpc) is 2.16. The Hall–Kier alpha value is -1.70. The molecule has 0 aliphatic rings. The third kappa shape index (κ3) is 2.21. The molecule has 1 aromatic carbocycles. The van der Waals surface area contributed by atoms with Gasteiger partial charge in [0, 0.05) is 13.1 Å². The molecule has 8 heteroatoms. The second kappa shape index (κ2) is 4.22. The summed E-state index contributed by atoms with van der Waals surface area (Å²) in [6.07, 6.45) is 0. The maximum Gasteiger partial charge on any atom is 0.300 e. The molecule has 0 saturated heterocycles. The molecule has 0 aromatic heterocycles. The molecule has 0 spiro atoms. The Kier molecular flexibility index (Phi) is 3.20. The van der Waals surface area contributed by atoms with Crippen LogP contribution in [-0.4, -0.2) is 16.9 Å². The largest absolute Gasteiger partial charge is 0.382 e. The normalized spacial score (nSPS) is 9.73. The molecule has 0 aliphatic heterocycles. The van der Waals surface area contributed by atoms with E-state index in [0.29, 0.717) is 0 Å². The summed E-state index contributed by atoms with van der Waals surface area (Å²) in [5.74, 6) is 0. The zero-order chi connectivity index (χ0) is 11.6. The summed E-state index contributed by atoms with van der Waals surface area (Å²) in [6, 6.07) is 2.12. The number of anilines is 1. The third-order valence-electron chi connectivity index (χ3n) is 1.71. The molecule has 0 amide bonds. The van der Waals surface area contributed by atoms with E-state index in [2.05, 4.69) is 21.2 Å². The quantitative estimate of drug-likeness (QED) is 0.674. The van der Waals surface area contributed by atoms with Gasteiger partial charge in [0.1, 0.15) is 5.69 Å². The number of rotatable bonds is 3. The second-order valence-corrected chi connectivity index (χ2v) is 3.44. The van der Waals surface area contributed by atoms with Crippen molar-refractivity contribution < 1.29 is 9.85 Å². The number of nitrogens with zero attached hydrogens (tertiary/aromatic N) is 2. The molecular formula is C7H6BrN3O4. The number of nitrogens with one attached hydrogen (secondary N) is 1. The molecule has 80 valence electrons. The Morgan fingerprint density at radius 1 is 1.27 bits per heavy atom. The van der Waals surface area contributed by atoms with Gasteiger partial charge in [-0.05, 0) is 15.9 Å². The molecule has 15 heavy (non-hydrogen) atoms. The predicted molar refractivity (Wildman–Crippen MR) is 57.0 cm³/mol. The van der Waals surface area contributed by atoms with Gasteiger partial charge in [0.25, 0.3) is 11.4 Å². The lowest BCUT2D eigenvalue weighted by molar-refractivity contribution is -0.393. The zero-order valence-electron chi connectivity index (χ0n) is 7.56. The molecule has 1 N–H and O–H groups in total. The van der Waals surface area contributed by atoms with Crippen LogP contribution in [0.1, 0.15) is 0 Å². The van der Waals surface area contributed by atoms with E-state index in [0.717, 1.165) is 6.07 Å². The molecule has 0 bridgehead atoms. The summed E-state index contributed by atoms with van der Waals surface area (Å²) in [7, 11) is 1.50. The van der Waals surface area contributed by atoms with Gasteiger partial charge in [-0.1, -0.05) is 0 Å². The molecule has 0 heterocycles. The van der Waals surface area contributed by atoms with Crippen LogP contribution in [0.3, 0.4) is 0 Å². The van der Waals surface area contributed by atoms with Crippen LogP contribution in [0.5, 0.6) is 0 Å². The first kappa shape index (κ1) is 11.4. The summed E-state index contributed by atoms with van der Waals surface area (Å²) < 4.78 is 0.283. The number of nitro benzene ring substituents is 2. The monoisotopic (exact) mass is 275 g/mol. The second-order valence-electron chi connectivity index (χ2n) is 2.59. The highest BCUT2D eigenvalue weighted by Gasteiger charge is 2.22. The minimum absolute atomic E-state index is 0.214. The Morgan fingerprint density at radius 2 is 1.87 bits per heavy atom. The molecular weight excluding hydrogens is 270 g/mol. The van der Waals surface area contributed by atoms with Crippen molar-refractivity contribution in [3.05, 3.63) is 36.8 Å². The molecule has 0 fully saturated rings. The van der Waals surface area contributed by atoms with E-state index < -0.39 is 9.85 Å². The highest BCUT2D eigenvalue weighted by atomic mass is 79.9. The van der Waals surface area contributed by atoms with Crippen LogP contribution < -0.4 is 5.32 Å². The van der Waals surface area contributed by atoms with Crippen molar-refractivity contribution in [2.75, 3.05) is 12.4 Å². The zero-order valence-corrected chi connectivity index (χ0v) is 9.15. The lowest BCUT2D eigenvalue weighted by Crippen LogP contribution is -1.99. The number of hydrogen-bond donors (Lipinski definition) is 1. The predicted octanol–water partition coefficient (Wildman–Crippen LogP) is 2.31. The van der Waals surface area contributed by atoms with Crippen molar-refractivity contribution >= 4 is 33.0 Å². The van der Waals surface area contributed by atoms with Crippen LogP contribution in [0.15, 0.2) is 16.6 Å². The minimum atomic E-state index is -0.683. The summed E-state index contributed by atoms with van der Waals surface area (Å²) >= 11 is 3.02. The fraction of sp³-hybridized carbons (Fsp3) is 0.143. The first-order valence-corrected chi connectivity index (χ1v) is 4.56. The maximum atomic E-state index is 10.6. The Labute approximate surface area is 92.5 Å². The SMILES string of the molecule is CNc1c(Br)cc([N+](=O)[O-])cc1[N+](=O)[O-]. The topological polar surface area (TPSA) is 98.3 Å². The van der Waals surface area contributed by atoms with Crippen LogP contribution in [0.25, 0.3) is 0 Å². The molecule has 0 atom stereocenters. The van der Waals surface area contributed by atoms with Gasteiger partial charge in [0.15, 0.2) is 0 Å². The van der Waals surface area contributed by atoms with Crippen LogP contribution in [0, 0.1) is 20.2 Å². The van der Waals surface area contributed by atoms with Gasteiger partial charge in [-0.2, -0.15) is 0 Å². The molecule has 0 radical (unpaired) electrons. The standard InChI is InChI=1S/C7H6BrN3O4/c1-9-7-5(8)2-4(10(12)13)3-6(7)11(14)15/h2-3,9H,1H3. The first-order valence-electron chi connectivity index (χ1n) is 3.77. The molecule has 7 nitrogen and oxygen atoms in total. The van der Waals surface area contributed by atoms with Gasteiger partial charge in [-0.25, -0.2) is 0 Å². The van der Waals surface area contributed by atoms with Crippen LogP contribution in [0.4, 0.5) is 17.1 Å². The smallest absolute Gasteiger partial charge is 0.300 e. The van der Waals surface area contributed by atoms with Gasteiger partial charge >= 0.3 is 0 Å². The van der Waals surface area contributed by atoms with Crippen molar-refractivity contribution in [2.24, 2.45) is 0 Å². The fourth-order valence-electron chi connectivity index (χ4n) is 1.08. The van der Waals surface area contributed by atoms with E-state index in [4.69, 9.17) is 0 Å². The van der Waals surface area contributed by atoms with Gasteiger partial charge in [0.05, 0.1) is 20.4 Å². The lowest BCUT2D eigenvalue weighted by Gasteiger charge is -2.04. The van der Waals surface area contributed by atoms with E-state index in [1.54, 1.807) is 0 Å². The number of hydrogen-bond acceptors (Lipinski definition) is 5. The van der Waals surface area contributed by atoms with E-state index in [9.17, 15) is 20.2 Å². The highest BCUT2D eigenvalue weighted by molar-refractivity contribution is 9.10. The number of halogens is 1. The van der Waals surface area contributed by atoms with Gasteiger partial charge < -0.3 is 5.32 Å². The van der Waals surface area contributed by atoms with Gasteiger partial charge in [-0.3, -0.25) is 20.2 Å². The van der Waals surface area contributed by atoms with E-state index in [1.165, 1.54) is 13.1 Å². The Bertz CT molecular complexity index is 434. The maximum absolute atomic E-state index is 10.6. The fourth-order valence-corrected chi connectivity index (χ4v) is 1.71. The van der Waals surface area contributed by atoms with E-state index in [1.807, 2.05) is 0 Å². The molecule has 0 saturated carbocycles. The summed E-state index contributed by atoms with van der Waals surface area (Å²) in [5, 5.41) is 23.7. The van der Waals surface area contributed by atoms with Crippen molar-refractivity contribution in [1.29, 1.82) is 0 Å². The van der Waals surface area contributed by atoms with Crippen molar-refractivity contribution in [2.45, 2.75) is 0 Å². The summed E-state index contributed by atoms with van der Waals surface area (Å²) in [4.78, 5) is 19.7. The lowest BCUT2D eigenvalue weighted by atomic mass is 10.2. The Morgan fingerprint density at radius 3 is 2.27 bits per heavy atom. The number of nitro groups is 2. The van der Waals surface area contributed by atoms with Crippen LogP contribution >= 0.6 is 15.9 Å². The van der Waals surface area contributed by atoms with Crippen molar-refractivity contribution in [3.8, 4) is 0 Å². The Balaban J connectivity index is 3.45. The van der Waals surface area contributed by atoms with Crippen molar-refractivity contribution in [1.82, 2.24) is 0 Å². The number of non-ortho nitro benzene ring substituents is 1. The molecule has 1 aromatic rings. The molecule has 0 aliphatic carbocycles. The van der Waals surface area contributed by atoms with Gasteiger partial charge in [-0.15, -0.1) is 0 Å². The minimum Gasteiger partial charge on any atom is -0.382 e. The average molecular weight is 276 g/mol. The summed E-state index contributed by atoms with van der Waals surface area (Å²) in [5.41, 5.74) is -0.447. The van der Waals surface area contributed by atoms with Crippen LogP contribution in [0.2, 0.25) is 0 Å². The van der Waals surface area contributed by atoms with E-state index in [-0.39, 0.29) is 21.5 Å². The van der Waals surface area contributed by atoms with Gasteiger partial charge in [0.2, 0.25) is 0 Å². The third-order valence-corrected chi connectivity index (χ3v) is 2.34. The van der Waals surface area contributed by atoms with Crippen molar-refractivity contribution in [3.63, 3.8) is 0 Å². The number of benzene rings is 1. The summed E-state index contributed by atoms with van der Waals surface area (Å²) in [6.45, 7) is 0. The highest BCUT2D eigenvalue weighted by Crippen LogP contribution is 2.36. The molecule has 0 unspecified atom stereocenters. The first-order chi connectivity index (χ1) is 6.97. The van der Waals surface area contributed by atoms with Crippen LogP contribution in [-0.2, 0) is 0 Å².